The average Bonchev–Trinajstić information content (AvgIpc) is 4.12. The summed E-state index contributed by atoms with van der Waals surface area (Å²) in [4.78, 5) is 21.0. The van der Waals surface area contributed by atoms with E-state index in [1.807, 2.05) is 18.6 Å². The van der Waals surface area contributed by atoms with Crippen LogP contribution in [0.1, 0.15) is 66.8 Å². The van der Waals surface area contributed by atoms with Gasteiger partial charge in [0.15, 0.2) is 0 Å². The standard InChI is InChI=1S/C65H39N5/c1-3-18-40(19-4-1)63(41-20-5-2-6-21-41)48-26-11-12-27-49(48)65(52-30-17-35-68-61(52)62-56(65)36-42(39-69-62)70-57-31-13-8-23-44(57)45-24-9-14-32-58(45)70)54-37-46-43-22-7-10-25-47(43)64(53(46)38-55(54)63)50-28-15-33-66-59(50)60-51(64)29-16-34-67-60/h1-39H. The van der Waals surface area contributed by atoms with Crippen molar-refractivity contribution < 1.29 is 0 Å². The van der Waals surface area contributed by atoms with E-state index >= 15 is 0 Å². The molecule has 4 aliphatic carbocycles. The van der Waals surface area contributed by atoms with E-state index in [1.165, 1.54) is 66.4 Å². The second kappa shape index (κ2) is 13.6. The van der Waals surface area contributed by atoms with Crippen LogP contribution in [0.3, 0.4) is 0 Å². The fraction of sp³-hybridized carbons (Fsp3) is 0.0462. The van der Waals surface area contributed by atoms with Gasteiger partial charge in [-0.05, 0) is 115 Å². The Morgan fingerprint density at radius 2 is 0.729 bits per heavy atom. The summed E-state index contributed by atoms with van der Waals surface area (Å²) in [5.74, 6) is 0. The number of fused-ring (bicyclic) bond motifs is 22. The first-order valence-electron chi connectivity index (χ1n) is 24.1. The van der Waals surface area contributed by atoms with Crippen molar-refractivity contribution in [1.29, 1.82) is 0 Å². The van der Waals surface area contributed by atoms with Crippen LogP contribution in [0, 0.1) is 0 Å². The topological polar surface area (TPSA) is 56.5 Å². The maximum atomic E-state index is 5.54. The second-order valence-electron chi connectivity index (χ2n) is 19.2. The van der Waals surface area contributed by atoms with Crippen LogP contribution in [-0.2, 0) is 16.2 Å². The molecule has 12 aromatic rings. The van der Waals surface area contributed by atoms with Crippen molar-refractivity contribution in [3.8, 4) is 39.6 Å². The average molecular weight is 890 g/mol. The lowest BCUT2D eigenvalue weighted by Gasteiger charge is -2.50. The smallest absolute Gasteiger partial charge is 0.0939 e. The van der Waals surface area contributed by atoms with E-state index in [9.17, 15) is 0 Å². The third-order valence-electron chi connectivity index (χ3n) is 16.3. The lowest BCUT2D eigenvalue weighted by Crippen LogP contribution is -2.45. The molecule has 7 aromatic carbocycles. The fourth-order valence-corrected chi connectivity index (χ4v) is 13.9. The number of aromatic nitrogens is 5. The van der Waals surface area contributed by atoms with Gasteiger partial charge in [0, 0.05) is 34.9 Å². The minimum Gasteiger partial charge on any atom is -0.308 e. The van der Waals surface area contributed by atoms with E-state index in [2.05, 4.69) is 223 Å². The summed E-state index contributed by atoms with van der Waals surface area (Å²) in [6, 6.07) is 79.0. The molecule has 4 aliphatic rings. The number of hydrogen-bond donors (Lipinski definition) is 0. The third kappa shape index (κ3) is 4.36. The highest BCUT2D eigenvalue weighted by molar-refractivity contribution is 6.09. The van der Waals surface area contributed by atoms with Crippen molar-refractivity contribution in [2.45, 2.75) is 16.2 Å². The molecule has 0 aliphatic heterocycles. The van der Waals surface area contributed by atoms with Crippen LogP contribution in [0.5, 0.6) is 0 Å². The highest BCUT2D eigenvalue weighted by atomic mass is 15.0. The molecule has 5 heteroatoms. The lowest BCUT2D eigenvalue weighted by atomic mass is 9.51. The zero-order valence-electron chi connectivity index (χ0n) is 37.8. The summed E-state index contributed by atoms with van der Waals surface area (Å²) in [7, 11) is 0. The number of hydrogen-bond acceptors (Lipinski definition) is 4. The highest BCUT2D eigenvalue weighted by Crippen LogP contribution is 2.68. The predicted octanol–water partition coefficient (Wildman–Crippen LogP) is 13.8. The van der Waals surface area contributed by atoms with E-state index < -0.39 is 16.2 Å². The van der Waals surface area contributed by atoms with Crippen LogP contribution >= 0.6 is 0 Å². The maximum Gasteiger partial charge on any atom is 0.0939 e. The highest BCUT2D eigenvalue weighted by Gasteiger charge is 2.60. The summed E-state index contributed by atoms with van der Waals surface area (Å²) in [5, 5.41) is 2.43. The monoisotopic (exact) mass is 889 g/mol. The van der Waals surface area contributed by atoms with Gasteiger partial charge in [-0.2, -0.15) is 0 Å². The van der Waals surface area contributed by atoms with E-state index in [0.717, 1.165) is 61.8 Å². The Bertz CT molecular complexity index is 4070. The number of para-hydroxylation sites is 2. The van der Waals surface area contributed by atoms with Crippen molar-refractivity contribution in [1.82, 2.24) is 24.5 Å². The minimum atomic E-state index is -0.839. The zero-order chi connectivity index (χ0) is 45.8. The summed E-state index contributed by atoms with van der Waals surface area (Å²) < 4.78 is 2.40. The Kier molecular flexibility index (Phi) is 7.35. The molecule has 0 amide bonds. The van der Waals surface area contributed by atoms with Gasteiger partial charge in [-0.15, -0.1) is 0 Å². The second-order valence-corrected chi connectivity index (χ2v) is 19.2. The van der Waals surface area contributed by atoms with E-state index in [-0.39, 0.29) is 0 Å². The number of pyridine rings is 4. The molecule has 5 heterocycles. The van der Waals surface area contributed by atoms with Gasteiger partial charge in [0.05, 0.1) is 61.9 Å². The Labute approximate surface area is 404 Å². The molecule has 0 N–H and O–H groups in total. The third-order valence-corrected chi connectivity index (χ3v) is 16.3. The van der Waals surface area contributed by atoms with E-state index in [0.29, 0.717) is 0 Å². The van der Waals surface area contributed by atoms with Gasteiger partial charge in [0.1, 0.15) is 0 Å². The largest absolute Gasteiger partial charge is 0.308 e. The van der Waals surface area contributed by atoms with E-state index in [4.69, 9.17) is 19.9 Å². The zero-order valence-corrected chi connectivity index (χ0v) is 37.8. The Balaban J connectivity index is 1.12. The Morgan fingerprint density at radius 3 is 1.31 bits per heavy atom. The summed E-state index contributed by atoms with van der Waals surface area (Å²) in [5.41, 5.74) is 21.5. The summed E-state index contributed by atoms with van der Waals surface area (Å²) >= 11 is 0. The number of rotatable bonds is 3. The first-order valence-corrected chi connectivity index (χ1v) is 24.1. The van der Waals surface area contributed by atoms with Crippen LogP contribution in [0.4, 0.5) is 0 Å². The molecule has 16 rings (SSSR count). The van der Waals surface area contributed by atoms with Crippen LogP contribution in [0.2, 0.25) is 0 Å². The van der Waals surface area contributed by atoms with Crippen molar-refractivity contribution in [2.75, 3.05) is 0 Å². The van der Waals surface area contributed by atoms with Crippen LogP contribution in [0.25, 0.3) is 61.4 Å². The minimum absolute atomic E-state index is 0.671. The van der Waals surface area contributed by atoms with Gasteiger partial charge in [0.25, 0.3) is 0 Å². The molecule has 5 nitrogen and oxygen atoms in total. The van der Waals surface area contributed by atoms with Crippen molar-refractivity contribution in [3.63, 3.8) is 0 Å². The SMILES string of the molecule is c1ccc(C2(c3ccccc3)c3ccccc3C3(c4cc5c(cc42)C2(c4ccccc4-5)c4cccnc4-c4ncccc42)c2cccnc2-c2ncc(-n4c5ccccc5c5ccccc54)cc23)cc1. The van der Waals surface area contributed by atoms with Gasteiger partial charge in [0.2, 0.25) is 0 Å². The maximum absolute atomic E-state index is 5.54. The molecule has 0 fully saturated rings. The first-order chi connectivity index (χ1) is 34.7. The summed E-state index contributed by atoms with van der Waals surface area (Å²) in [6.45, 7) is 0. The van der Waals surface area contributed by atoms with Gasteiger partial charge in [-0.3, -0.25) is 19.9 Å². The Morgan fingerprint density at radius 1 is 0.286 bits per heavy atom. The predicted molar refractivity (Wildman–Crippen MR) is 277 cm³/mol. The molecule has 5 aromatic heterocycles. The molecule has 0 bridgehead atoms. The molecule has 0 saturated carbocycles. The van der Waals surface area contributed by atoms with Gasteiger partial charge in [-0.1, -0.05) is 170 Å². The molecule has 70 heavy (non-hydrogen) atoms. The molecule has 0 radical (unpaired) electrons. The van der Waals surface area contributed by atoms with E-state index in [1.54, 1.807) is 0 Å². The van der Waals surface area contributed by atoms with Crippen molar-refractivity contribution in [3.05, 3.63) is 304 Å². The molecule has 324 valence electrons. The molecule has 0 saturated heterocycles. The van der Waals surface area contributed by atoms with Crippen LogP contribution in [-0.4, -0.2) is 24.5 Å². The first kappa shape index (κ1) is 38.0. The van der Waals surface area contributed by atoms with Gasteiger partial charge in [-0.25, -0.2) is 0 Å². The number of benzene rings is 7. The van der Waals surface area contributed by atoms with Gasteiger partial charge >= 0.3 is 0 Å². The summed E-state index contributed by atoms with van der Waals surface area (Å²) in [6.07, 6.45) is 7.80. The quantitative estimate of drug-likeness (QED) is 0.177. The van der Waals surface area contributed by atoms with Crippen LogP contribution in [0.15, 0.2) is 237 Å². The molecule has 1 atom stereocenters. The number of nitrogens with zero attached hydrogens (tertiary/aromatic N) is 5. The van der Waals surface area contributed by atoms with Crippen molar-refractivity contribution >= 4 is 21.8 Å². The van der Waals surface area contributed by atoms with Crippen molar-refractivity contribution in [2.24, 2.45) is 0 Å². The molecule has 1 unspecified atom stereocenters. The van der Waals surface area contributed by atoms with Crippen LogP contribution < -0.4 is 0 Å². The molecule has 2 spiro atoms. The normalized spacial score (nSPS) is 16.6. The Hall–Kier alpha value is -9.06. The molecular formula is C65H39N5. The lowest BCUT2D eigenvalue weighted by molar-refractivity contribution is 0.620. The van der Waals surface area contributed by atoms with Gasteiger partial charge < -0.3 is 4.57 Å². The molecular weight excluding hydrogens is 851 g/mol. The fourth-order valence-electron chi connectivity index (χ4n) is 13.9.